The largest absolute Gasteiger partial charge is 0.435 e. The average Bonchev–Trinajstić information content (AvgIpc) is 3.10. The second kappa shape index (κ2) is 5.81. The van der Waals surface area contributed by atoms with E-state index in [-0.39, 0.29) is 5.91 Å². The monoisotopic (exact) mass is 330 g/mol. The molecule has 0 N–H and O–H groups in total. The molecule has 2 saturated heterocycles. The summed E-state index contributed by atoms with van der Waals surface area (Å²) < 4.78 is 39.5. The van der Waals surface area contributed by atoms with Crippen molar-refractivity contribution < 1.29 is 18.0 Å². The molecule has 1 aromatic heterocycles. The summed E-state index contributed by atoms with van der Waals surface area (Å²) in [5.41, 5.74) is -0.604. The minimum atomic E-state index is -4.49. The minimum absolute atomic E-state index is 0.156. The Morgan fingerprint density at radius 2 is 2.09 bits per heavy atom. The molecule has 8 heteroatoms. The summed E-state index contributed by atoms with van der Waals surface area (Å²) in [6.45, 7) is 6.37. The van der Waals surface area contributed by atoms with E-state index in [1.54, 1.807) is 18.7 Å². The highest BCUT2D eigenvalue weighted by molar-refractivity contribution is 5.80. The molecule has 128 valence electrons. The van der Waals surface area contributed by atoms with Gasteiger partial charge in [0.25, 0.3) is 0 Å². The number of hydrogen-bond donors (Lipinski definition) is 0. The SMILES string of the molecule is Cc1cc(C(F)(F)F)nn1[C@H](C)C(=O)N1CCN2CCC[C@@H]2C1. The highest BCUT2D eigenvalue weighted by Crippen LogP contribution is 2.30. The van der Waals surface area contributed by atoms with Gasteiger partial charge in [-0.3, -0.25) is 14.4 Å². The number of aromatic nitrogens is 2. The number of amides is 1. The van der Waals surface area contributed by atoms with Crippen molar-refractivity contribution in [3.05, 3.63) is 17.5 Å². The lowest BCUT2D eigenvalue weighted by molar-refractivity contribution is -0.143. The molecule has 3 rings (SSSR count). The molecule has 0 aliphatic carbocycles. The van der Waals surface area contributed by atoms with Crippen LogP contribution in [-0.2, 0) is 11.0 Å². The number of aryl methyl sites for hydroxylation is 1. The Kier molecular flexibility index (Phi) is 4.12. The van der Waals surface area contributed by atoms with Crippen molar-refractivity contribution in [1.82, 2.24) is 19.6 Å². The number of halogens is 3. The molecule has 2 aliphatic rings. The van der Waals surface area contributed by atoms with Gasteiger partial charge in [0.05, 0.1) is 0 Å². The Morgan fingerprint density at radius 1 is 1.35 bits per heavy atom. The second-order valence-electron chi connectivity index (χ2n) is 6.41. The third kappa shape index (κ3) is 3.08. The molecule has 0 radical (unpaired) electrons. The molecule has 0 saturated carbocycles. The quantitative estimate of drug-likeness (QED) is 0.834. The molecule has 2 aliphatic heterocycles. The fraction of sp³-hybridized carbons (Fsp3) is 0.733. The molecule has 5 nitrogen and oxygen atoms in total. The summed E-state index contributed by atoms with van der Waals surface area (Å²) in [5, 5.41) is 3.60. The van der Waals surface area contributed by atoms with Crippen molar-refractivity contribution >= 4 is 5.91 Å². The van der Waals surface area contributed by atoms with Crippen molar-refractivity contribution in [2.45, 2.75) is 44.9 Å². The van der Waals surface area contributed by atoms with Crippen molar-refractivity contribution in [2.24, 2.45) is 0 Å². The topological polar surface area (TPSA) is 41.4 Å². The summed E-state index contributed by atoms with van der Waals surface area (Å²) in [6, 6.07) is 0.655. The van der Waals surface area contributed by atoms with Crippen molar-refractivity contribution in [1.29, 1.82) is 0 Å². The number of hydrogen-bond acceptors (Lipinski definition) is 3. The molecule has 3 heterocycles. The first-order chi connectivity index (χ1) is 10.8. The summed E-state index contributed by atoms with van der Waals surface area (Å²) in [5.74, 6) is -0.156. The standard InChI is InChI=1S/C15H21F3N4O/c1-10-8-13(15(16,17)18)19-22(10)11(2)14(23)21-7-6-20-5-3-4-12(20)9-21/h8,11-12H,3-7,9H2,1-2H3/t11-,12-/m1/s1. The Morgan fingerprint density at radius 3 is 2.74 bits per heavy atom. The molecule has 2 atom stereocenters. The van der Waals surface area contributed by atoms with Crippen LogP contribution in [0.25, 0.3) is 0 Å². The maximum atomic E-state index is 12.8. The van der Waals surface area contributed by atoms with Crippen LogP contribution in [0, 0.1) is 6.92 Å². The van der Waals surface area contributed by atoms with Crippen LogP contribution in [-0.4, -0.2) is 57.7 Å². The minimum Gasteiger partial charge on any atom is -0.338 e. The van der Waals surface area contributed by atoms with E-state index in [1.165, 1.54) is 4.68 Å². The van der Waals surface area contributed by atoms with E-state index in [2.05, 4.69) is 10.00 Å². The van der Waals surface area contributed by atoms with Crippen molar-refractivity contribution in [2.75, 3.05) is 26.2 Å². The first-order valence-corrected chi connectivity index (χ1v) is 7.93. The number of alkyl halides is 3. The van der Waals surface area contributed by atoms with E-state index in [1.807, 2.05) is 0 Å². The zero-order valence-corrected chi connectivity index (χ0v) is 13.3. The van der Waals surface area contributed by atoms with E-state index >= 15 is 0 Å². The van der Waals surface area contributed by atoms with Crippen LogP contribution in [0.2, 0.25) is 0 Å². The average molecular weight is 330 g/mol. The third-order valence-electron chi connectivity index (χ3n) is 4.84. The van der Waals surface area contributed by atoms with Gasteiger partial charge in [0.1, 0.15) is 6.04 Å². The molecule has 0 spiro atoms. The van der Waals surface area contributed by atoms with Gasteiger partial charge in [-0.2, -0.15) is 18.3 Å². The molecule has 0 bridgehead atoms. The van der Waals surface area contributed by atoms with Crippen LogP contribution < -0.4 is 0 Å². The maximum Gasteiger partial charge on any atom is 0.435 e. The van der Waals surface area contributed by atoms with Crippen molar-refractivity contribution in [3.63, 3.8) is 0 Å². The van der Waals surface area contributed by atoms with Gasteiger partial charge in [-0.25, -0.2) is 0 Å². The molecule has 23 heavy (non-hydrogen) atoms. The van der Waals surface area contributed by atoms with E-state index in [0.717, 1.165) is 32.0 Å². The first-order valence-electron chi connectivity index (χ1n) is 7.93. The van der Waals surface area contributed by atoms with Gasteiger partial charge < -0.3 is 4.90 Å². The predicted octanol–water partition coefficient (Wildman–Crippen LogP) is 2.08. The summed E-state index contributed by atoms with van der Waals surface area (Å²) >= 11 is 0. The van der Waals surface area contributed by atoms with Crippen LogP contribution >= 0.6 is 0 Å². The van der Waals surface area contributed by atoms with E-state index in [0.29, 0.717) is 24.8 Å². The van der Waals surface area contributed by atoms with Gasteiger partial charge in [0.2, 0.25) is 5.91 Å². The maximum absolute atomic E-state index is 12.8. The predicted molar refractivity (Wildman–Crippen MR) is 77.9 cm³/mol. The van der Waals surface area contributed by atoms with Gasteiger partial charge >= 0.3 is 6.18 Å². The highest BCUT2D eigenvalue weighted by atomic mass is 19.4. The highest BCUT2D eigenvalue weighted by Gasteiger charge is 2.37. The molecule has 2 fully saturated rings. The molecular weight excluding hydrogens is 309 g/mol. The molecule has 0 unspecified atom stereocenters. The van der Waals surface area contributed by atoms with Crippen LogP contribution in [0.5, 0.6) is 0 Å². The smallest absolute Gasteiger partial charge is 0.338 e. The molecule has 0 aromatic carbocycles. The Balaban J connectivity index is 1.73. The van der Waals surface area contributed by atoms with Gasteiger partial charge in [-0.15, -0.1) is 0 Å². The van der Waals surface area contributed by atoms with Crippen LogP contribution in [0.4, 0.5) is 13.2 Å². The van der Waals surface area contributed by atoms with Gasteiger partial charge in [-0.05, 0) is 39.3 Å². The number of carbonyl (C=O) groups is 1. The lowest BCUT2D eigenvalue weighted by Crippen LogP contribution is -2.53. The fourth-order valence-electron chi connectivity index (χ4n) is 3.58. The van der Waals surface area contributed by atoms with Crippen molar-refractivity contribution in [3.8, 4) is 0 Å². The summed E-state index contributed by atoms with van der Waals surface area (Å²) in [6.07, 6.45) is -2.26. The van der Waals surface area contributed by atoms with Gasteiger partial charge in [0.15, 0.2) is 5.69 Å². The Hall–Kier alpha value is -1.57. The zero-order chi connectivity index (χ0) is 16.8. The third-order valence-corrected chi connectivity index (χ3v) is 4.84. The van der Waals surface area contributed by atoms with Gasteiger partial charge in [-0.1, -0.05) is 0 Å². The Bertz CT molecular complexity index is 598. The summed E-state index contributed by atoms with van der Waals surface area (Å²) in [4.78, 5) is 16.8. The number of nitrogens with zero attached hydrogens (tertiary/aromatic N) is 4. The van der Waals surface area contributed by atoms with Crippen LogP contribution in [0.3, 0.4) is 0 Å². The molecular formula is C15H21F3N4O. The van der Waals surface area contributed by atoms with Crippen LogP contribution in [0.1, 0.15) is 37.2 Å². The zero-order valence-electron chi connectivity index (χ0n) is 13.3. The van der Waals surface area contributed by atoms with Gasteiger partial charge in [0, 0.05) is 31.4 Å². The Labute approximate surface area is 133 Å². The number of rotatable bonds is 2. The normalized spacial score (nSPS) is 23.9. The van der Waals surface area contributed by atoms with E-state index < -0.39 is 17.9 Å². The molecule has 1 aromatic rings. The van der Waals surface area contributed by atoms with Crippen LogP contribution in [0.15, 0.2) is 6.07 Å². The molecule has 1 amide bonds. The number of fused-ring (bicyclic) bond motifs is 1. The number of carbonyl (C=O) groups excluding carboxylic acids is 1. The summed E-state index contributed by atoms with van der Waals surface area (Å²) in [7, 11) is 0. The first kappa shape index (κ1) is 16.3. The van der Waals surface area contributed by atoms with E-state index in [4.69, 9.17) is 0 Å². The second-order valence-corrected chi connectivity index (χ2v) is 6.41. The fourth-order valence-corrected chi connectivity index (χ4v) is 3.58. The lowest BCUT2D eigenvalue weighted by atomic mass is 10.1. The number of piperazine rings is 1. The van der Waals surface area contributed by atoms with E-state index in [9.17, 15) is 18.0 Å². The lowest BCUT2D eigenvalue weighted by Gasteiger charge is -2.38.